The molecular formula is C29H34ClN7O6. The highest BCUT2D eigenvalue weighted by Crippen LogP contribution is 2.29. The summed E-state index contributed by atoms with van der Waals surface area (Å²) in [5, 5.41) is 30.6. The smallest absolute Gasteiger partial charge is 0.358 e. The van der Waals surface area contributed by atoms with Crippen LogP contribution >= 0.6 is 11.6 Å². The summed E-state index contributed by atoms with van der Waals surface area (Å²) in [5.74, 6) is -1.80. The first-order valence-electron chi connectivity index (χ1n) is 13.5. The van der Waals surface area contributed by atoms with E-state index in [4.69, 9.17) is 26.2 Å². The van der Waals surface area contributed by atoms with E-state index in [0.717, 1.165) is 22.9 Å². The average Bonchev–Trinajstić information content (AvgIpc) is 3.73. The summed E-state index contributed by atoms with van der Waals surface area (Å²) in [5.41, 5.74) is 2.23. The number of benzene rings is 2. The summed E-state index contributed by atoms with van der Waals surface area (Å²) in [4.78, 5) is 35.6. The first-order chi connectivity index (χ1) is 20.6. The van der Waals surface area contributed by atoms with Gasteiger partial charge in [0, 0.05) is 17.7 Å². The predicted molar refractivity (Wildman–Crippen MR) is 157 cm³/mol. The van der Waals surface area contributed by atoms with E-state index in [1.165, 1.54) is 6.20 Å². The third-order valence-corrected chi connectivity index (χ3v) is 6.54. The summed E-state index contributed by atoms with van der Waals surface area (Å²) >= 11 is 6.13. The highest BCUT2D eigenvalue weighted by Gasteiger charge is 2.38. The van der Waals surface area contributed by atoms with Crippen LogP contribution in [0.5, 0.6) is 0 Å². The van der Waals surface area contributed by atoms with E-state index in [0.29, 0.717) is 24.5 Å². The Morgan fingerprint density at radius 3 is 2.19 bits per heavy atom. The van der Waals surface area contributed by atoms with Crippen LogP contribution in [0, 0.1) is 5.41 Å². The van der Waals surface area contributed by atoms with Crippen LogP contribution in [0.3, 0.4) is 0 Å². The zero-order chi connectivity index (χ0) is 31.2. The minimum atomic E-state index is -1.07. The lowest BCUT2D eigenvalue weighted by atomic mass is 9.82. The van der Waals surface area contributed by atoms with Gasteiger partial charge in [0.15, 0.2) is 11.4 Å². The molecule has 0 saturated carbocycles. The van der Waals surface area contributed by atoms with Gasteiger partial charge in [0.1, 0.15) is 0 Å². The second kappa shape index (κ2) is 16.1. The second-order valence-corrected chi connectivity index (χ2v) is 10.2. The fourth-order valence-corrected chi connectivity index (χ4v) is 4.40. The van der Waals surface area contributed by atoms with Gasteiger partial charge in [0.05, 0.1) is 31.0 Å². The molecule has 2 aromatic heterocycles. The topological polar surface area (TPSA) is 185 Å². The molecule has 0 radical (unpaired) electrons. The van der Waals surface area contributed by atoms with Gasteiger partial charge in [-0.15, -0.1) is 5.10 Å². The molecule has 43 heavy (non-hydrogen) atoms. The lowest BCUT2D eigenvalue weighted by Crippen LogP contribution is -2.45. The molecule has 2 aromatic carbocycles. The van der Waals surface area contributed by atoms with Crippen LogP contribution in [0.25, 0.3) is 11.1 Å². The number of hydrogen-bond donors (Lipinski definition) is 4. The number of carbonyl (C=O) groups is 3. The minimum absolute atomic E-state index is 0.0648. The Balaban J connectivity index is 0.000000546. The predicted octanol–water partition coefficient (Wildman–Crippen LogP) is 3.97. The first-order valence-corrected chi connectivity index (χ1v) is 13.9. The zero-order valence-corrected chi connectivity index (χ0v) is 24.8. The molecule has 13 nitrogen and oxygen atoms in total. The Kier molecular flexibility index (Phi) is 12.3. The van der Waals surface area contributed by atoms with Crippen molar-refractivity contribution in [2.45, 2.75) is 39.7 Å². The van der Waals surface area contributed by atoms with E-state index in [1.807, 2.05) is 55.5 Å². The van der Waals surface area contributed by atoms with Crippen LogP contribution in [-0.2, 0) is 20.7 Å². The van der Waals surface area contributed by atoms with Crippen LogP contribution < -0.4 is 5.32 Å². The van der Waals surface area contributed by atoms with E-state index in [1.54, 1.807) is 13.8 Å². The molecule has 228 valence electrons. The third kappa shape index (κ3) is 10.0. The standard InChI is InChI=1S/C26H31ClN4O4.C3H3N3O2/c1-4-34-17-26(3,25(33)35-5-2)15-22(29-24(32)23-16-28-31-30-23)13-18-9-11-19(12-10-18)20-7-6-8-21(27)14-20;7-3(8)2-1-4-6-5-2/h6-12,14,16,22H,4-5,13,15,17H2,1-3H3,(H,29,32)(H,28,30,31);1H,(H,7,8)(H,4,5,6)/t22-,26+;/m1./s1. The number of hydrogen-bond acceptors (Lipinski definition) is 9. The van der Waals surface area contributed by atoms with Gasteiger partial charge in [-0.3, -0.25) is 9.59 Å². The van der Waals surface area contributed by atoms with Crippen molar-refractivity contribution >= 4 is 29.4 Å². The quantitative estimate of drug-likeness (QED) is 0.161. The summed E-state index contributed by atoms with van der Waals surface area (Å²) < 4.78 is 11.0. The number of aromatic amines is 2. The van der Waals surface area contributed by atoms with Gasteiger partial charge in [-0.05, 0) is 62.4 Å². The SMILES string of the molecule is CCOC[C@](C)(C[C@@H](Cc1ccc(-c2cccc(Cl)c2)cc1)NC(=O)c1cn[nH]n1)C(=O)OCC.O=C(O)c1cn[nH]n1. The van der Waals surface area contributed by atoms with Crippen molar-refractivity contribution in [2.24, 2.45) is 5.41 Å². The zero-order valence-electron chi connectivity index (χ0n) is 24.0. The normalized spacial score (nSPS) is 12.7. The maximum Gasteiger partial charge on any atom is 0.358 e. The third-order valence-electron chi connectivity index (χ3n) is 6.30. The van der Waals surface area contributed by atoms with Crippen LogP contribution in [0.15, 0.2) is 60.9 Å². The van der Waals surface area contributed by atoms with Gasteiger partial charge in [0.2, 0.25) is 0 Å². The Bertz CT molecular complexity index is 1450. The number of aromatic nitrogens is 6. The molecule has 0 aliphatic carbocycles. The summed E-state index contributed by atoms with van der Waals surface area (Å²) in [6.07, 6.45) is 3.32. The van der Waals surface area contributed by atoms with E-state index in [-0.39, 0.29) is 42.5 Å². The van der Waals surface area contributed by atoms with Gasteiger partial charge in [-0.2, -0.15) is 25.7 Å². The molecule has 2 heterocycles. The molecule has 4 aromatic rings. The maximum absolute atomic E-state index is 12.8. The number of nitrogens with zero attached hydrogens (tertiary/aromatic N) is 4. The molecule has 0 unspecified atom stereocenters. The van der Waals surface area contributed by atoms with E-state index in [2.05, 4.69) is 36.1 Å². The number of carboxylic acids is 1. The largest absolute Gasteiger partial charge is 0.476 e. The lowest BCUT2D eigenvalue weighted by molar-refractivity contribution is -0.159. The minimum Gasteiger partial charge on any atom is -0.476 e. The molecule has 14 heteroatoms. The number of esters is 1. The number of rotatable bonds is 13. The fourth-order valence-electron chi connectivity index (χ4n) is 4.21. The van der Waals surface area contributed by atoms with Crippen LogP contribution in [0.4, 0.5) is 0 Å². The monoisotopic (exact) mass is 611 g/mol. The number of H-pyrrole nitrogens is 2. The lowest BCUT2D eigenvalue weighted by Gasteiger charge is -2.31. The Hall–Kier alpha value is -4.62. The van der Waals surface area contributed by atoms with E-state index < -0.39 is 11.4 Å². The average molecular weight is 612 g/mol. The van der Waals surface area contributed by atoms with Gasteiger partial charge in [-0.25, -0.2) is 4.79 Å². The van der Waals surface area contributed by atoms with Gasteiger partial charge < -0.3 is 19.9 Å². The molecule has 0 aliphatic rings. The Labute approximate surface area is 253 Å². The van der Waals surface area contributed by atoms with Crippen molar-refractivity contribution in [3.63, 3.8) is 0 Å². The fraction of sp³-hybridized carbons (Fsp3) is 0.345. The van der Waals surface area contributed by atoms with Crippen molar-refractivity contribution < 1.29 is 29.0 Å². The number of carbonyl (C=O) groups excluding carboxylic acids is 2. The Morgan fingerprint density at radius 1 is 0.977 bits per heavy atom. The van der Waals surface area contributed by atoms with Gasteiger partial charge >= 0.3 is 11.9 Å². The van der Waals surface area contributed by atoms with Crippen LogP contribution in [-0.4, -0.2) is 79.6 Å². The second-order valence-electron chi connectivity index (χ2n) is 9.72. The Morgan fingerprint density at radius 2 is 1.65 bits per heavy atom. The highest BCUT2D eigenvalue weighted by molar-refractivity contribution is 6.30. The molecule has 0 saturated heterocycles. The molecule has 1 amide bonds. The number of carboxylic acid groups (broad SMARTS) is 1. The van der Waals surface area contributed by atoms with Crippen molar-refractivity contribution in [1.82, 2.24) is 36.1 Å². The van der Waals surface area contributed by atoms with Crippen molar-refractivity contribution in [3.8, 4) is 11.1 Å². The number of amides is 1. The number of halogens is 1. The number of aromatic carboxylic acids is 1. The molecule has 0 spiro atoms. The number of ether oxygens (including phenoxy) is 2. The van der Waals surface area contributed by atoms with E-state index in [9.17, 15) is 14.4 Å². The molecule has 4 rings (SSSR count). The summed E-state index contributed by atoms with van der Waals surface area (Å²) in [7, 11) is 0. The van der Waals surface area contributed by atoms with Crippen LogP contribution in [0.1, 0.15) is 53.7 Å². The molecule has 0 fully saturated rings. The number of nitrogens with one attached hydrogen (secondary N) is 3. The molecular weight excluding hydrogens is 578 g/mol. The van der Waals surface area contributed by atoms with Gasteiger partial charge in [-0.1, -0.05) is 48.0 Å². The summed E-state index contributed by atoms with van der Waals surface area (Å²) in [6.45, 7) is 6.36. The van der Waals surface area contributed by atoms with Crippen molar-refractivity contribution in [2.75, 3.05) is 19.8 Å². The molecule has 0 aliphatic heterocycles. The molecule has 0 bridgehead atoms. The van der Waals surface area contributed by atoms with Crippen molar-refractivity contribution in [1.29, 1.82) is 0 Å². The van der Waals surface area contributed by atoms with Crippen molar-refractivity contribution in [3.05, 3.63) is 82.9 Å². The molecule has 2 atom stereocenters. The summed E-state index contributed by atoms with van der Waals surface area (Å²) in [6, 6.07) is 15.3. The molecule has 4 N–H and O–H groups in total. The van der Waals surface area contributed by atoms with Crippen LogP contribution in [0.2, 0.25) is 5.02 Å². The highest BCUT2D eigenvalue weighted by atomic mass is 35.5. The first kappa shape index (κ1) is 32.9. The van der Waals surface area contributed by atoms with Gasteiger partial charge in [0.25, 0.3) is 5.91 Å². The maximum atomic E-state index is 12.8. The van der Waals surface area contributed by atoms with E-state index >= 15 is 0 Å².